The molecule has 0 bridgehead atoms. The van der Waals surface area contributed by atoms with Crippen LogP contribution in [0.25, 0.3) is 6.08 Å². The molecule has 0 aliphatic rings. The van der Waals surface area contributed by atoms with Crippen molar-refractivity contribution in [3.8, 4) is 0 Å². The van der Waals surface area contributed by atoms with Crippen LogP contribution in [-0.2, 0) is 0 Å². The number of rotatable bonds is 4. The Morgan fingerprint density at radius 2 is 1.77 bits per heavy atom. The minimum atomic E-state index is -0.219. The Balaban J connectivity index is 2.11. The van der Waals surface area contributed by atoms with Crippen molar-refractivity contribution in [2.45, 2.75) is 13.8 Å². The number of benzene rings is 2. The van der Waals surface area contributed by atoms with Crippen LogP contribution < -0.4 is 5.32 Å². The first-order chi connectivity index (χ1) is 10.5. The summed E-state index contributed by atoms with van der Waals surface area (Å²) < 4.78 is 0. The topological polar surface area (TPSA) is 29.1 Å². The molecule has 0 aromatic heterocycles. The first-order valence-electron chi connectivity index (χ1n) is 7.01. The van der Waals surface area contributed by atoms with Gasteiger partial charge in [-0.2, -0.15) is 0 Å². The van der Waals surface area contributed by atoms with Gasteiger partial charge in [0.05, 0.1) is 15.7 Å². The lowest BCUT2D eigenvalue weighted by Gasteiger charge is -2.08. The zero-order valence-corrected chi connectivity index (χ0v) is 13.9. The van der Waals surface area contributed by atoms with Crippen molar-refractivity contribution in [1.82, 2.24) is 0 Å². The number of hydrogen-bond donors (Lipinski definition) is 1. The predicted molar refractivity (Wildman–Crippen MR) is 94.7 cm³/mol. The summed E-state index contributed by atoms with van der Waals surface area (Å²) in [6, 6.07) is 12.5. The summed E-state index contributed by atoms with van der Waals surface area (Å²) in [4.78, 5) is 12.2. The number of anilines is 1. The maximum atomic E-state index is 12.2. The van der Waals surface area contributed by atoms with Crippen LogP contribution in [0.2, 0.25) is 10.0 Å². The summed E-state index contributed by atoms with van der Waals surface area (Å²) in [6.07, 6.45) is 4.15. The summed E-state index contributed by atoms with van der Waals surface area (Å²) in [5, 5.41) is 3.52. The molecule has 0 fully saturated rings. The monoisotopic (exact) mass is 333 g/mol. The second-order valence-corrected chi connectivity index (χ2v) is 6.07. The average Bonchev–Trinajstić information content (AvgIpc) is 2.50. The molecular weight excluding hydrogens is 317 g/mol. The second kappa shape index (κ2) is 7.48. The molecule has 0 aliphatic carbocycles. The number of halogens is 2. The van der Waals surface area contributed by atoms with Gasteiger partial charge >= 0.3 is 0 Å². The molecular formula is C18H17Cl2NO. The molecule has 0 unspecified atom stereocenters. The Labute approximate surface area is 140 Å². The number of carbonyl (C=O) groups excluding carboxylic acids is 1. The highest BCUT2D eigenvalue weighted by Gasteiger charge is 2.10. The van der Waals surface area contributed by atoms with Crippen molar-refractivity contribution in [2.24, 2.45) is 5.92 Å². The molecule has 1 amide bonds. The molecule has 1 N–H and O–H groups in total. The van der Waals surface area contributed by atoms with E-state index in [1.165, 1.54) is 0 Å². The molecule has 0 saturated heterocycles. The van der Waals surface area contributed by atoms with E-state index < -0.39 is 0 Å². The Morgan fingerprint density at radius 3 is 2.41 bits per heavy atom. The smallest absolute Gasteiger partial charge is 0.255 e. The van der Waals surface area contributed by atoms with E-state index in [1.54, 1.807) is 30.3 Å². The van der Waals surface area contributed by atoms with E-state index >= 15 is 0 Å². The Bertz CT molecular complexity index is 691. The zero-order chi connectivity index (χ0) is 16.1. The van der Waals surface area contributed by atoms with Gasteiger partial charge in [0.1, 0.15) is 0 Å². The summed E-state index contributed by atoms with van der Waals surface area (Å²) in [6.45, 7) is 4.24. The van der Waals surface area contributed by atoms with Crippen LogP contribution in [0.5, 0.6) is 0 Å². The van der Waals surface area contributed by atoms with Crippen LogP contribution in [-0.4, -0.2) is 5.91 Å². The fraction of sp³-hybridized carbons (Fsp3) is 0.167. The van der Waals surface area contributed by atoms with E-state index in [-0.39, 0.29) is 5.91 Å². The highest BCUT2D eigenvalue weighted by Crippen LogP contribution is 2.29. The van der Waals surface area contributed by atoms with Gasteiger partial charge in [-0.05, 0) is 35.7 Å². The summed E-state index contributed by atoms with van der Waals surface area (Å²) in [5.74, 6) is 0.275. The van der Waals surface area contributed by atoms with Gasteiger partial charge in [0.15, 0.2) is 0 Å². The molecule has 114 valence electrons. The van der Waals surface area contributed by atoms with Crippen LogP contribution >= 0.6 is 23.2 Å². The molecule has 4 heteroatoms. The van der Waals surface area contributed by atoms with E-state index in [0.29, 0.717) is 27.2 Å². The number of carbonyl (C=O) groups is 1. The molecule has 2 rings (SSSR count). The normalized spacial score (nSPS) is 11.1. The lowest BCUT2D eigenvalue weighted by atomic mass is 10.1. The van der Waals surface area contributed by atoms with E-state index in [2.05, 4.69) is 25.2 Å². The van der Waals surface area contributed by atoms with E-state index in [1.807, 2.05) is 18.2 Å². The van der Waals surface area contributed by atoms with Crippen LogP contribution in [0.1, 0.15) is 29.8 Å². The standard InChI is InChI=1S/C18H17Cl2NO/c1-12(2)6-7-13-8-10-14(11-9-13)18(22)21-16-5-3-4-15(19)17(16)20/h3-12H,1-2H3,(H,21,22). The Morgan fingerprint density at radius 1 is 1.09 bits per heavy atom. The van der Waals surface area contributed by atoms with Gasteiger partial charge in [0.2, 0.25) is 0 Å². The van der Waals surface area contributed by atoms with Crippen molar-refractivity contribution >= 4 is 40.9 Å². The largest absolute Gasteiger partial charge is 0.321 e. The third-order valence-electron chi connectivity index (χ3n) is 3.05. The summed E-state index contributed by atoms with van der Waals surface area (Å²) >= 11 is 12.0. The minimum Gasteiger partial charge on any atom is -0.321 e. The lowest BCUT2D eigenvalue weighted by Crippen LogP contribution is -2.12. The molecule has 0 saturated carbocycles. The van der Waals surface area contributed by atoms with Crippen LogP contribution in [0, 0.1) is 5.92 Å². The molecule has 2 nitrogen and oxygen atoms in total. The first kappa shape index (κ1) is 16.6. The maximum Gasteiger partial charge on any atom is 0.255 e. The zero-order valence-electron chi connectivity index (χ0n) is 12.4. The lowest BCUT2D eigenvalue weighted by molar-refractivity contribution is 0.102. The van der Waals surface area contributed by atoms with Gasteiger partial charge in [0, 0.05) is 5.56 Å². The SMILES string of the molecule is CC(C)C=Cc1ccc(C(=O)Nc2cccc(Cl)c2Cl)cc1. The molecule has 2 aromatic carbocycles. The fourth-order valence-corrected chi connectivity index (χ4v) is 2.19. The minimum absolute atomic E-state index is 0.219. The van der Waals surface area contributed by atoms with Crippen LogP contribution in [0.4, 0.5) is 5.69 Å². The Hall–Kier alpha value is -1.77. The van der Waals surface area contributed by atoms with Gasteiger partial charge in [-0.25, -0.2) is 0 Å². The number of allylic oxidation sites excluding steroid dienone is 1. The van der Waals surface area contributed by atoms with Crippen molar-refractivity contribution in [3.63, 3.8) is 0 Å². The van der Waals surface area contributed by atoms with Gasteiger partial charge in [-0.3, -0.25) is 4.79 Å². The van der Waals surface area contributed by atoms with Crippen LogP contribution in [0.15, 0.2) is 48.5 Å². The van der Waals surface area contributed by atoms with Gasteiger partial charge in [0.25, 0.3) is 5.91 Å². The number of nitrogens with one attached hydrogen (secondary N) is 1. The first-order valence-corrected chi connectivity index (χ1v) is 7.76. The van der Waals surface area contributed by atoms with Gasteiger partial charge in [-0.1, -0.05) is 67.4 Å². The predicted octanol–water partition coefficient (Wildman–Crippen LogP) is 5.91. The van der Waals surface area contributed by atoms with Crippen molar-refractivity contribution in [3.05, 3.63) is 69.7 Å². The van der Waals surface area contributed by atoms with Crippen molar-refractivity contribution in [2.75, 3.05) is 5.32 Å². The average molecular weight is 334 g/mol. The second-order valence-electron chi connectivity index (χ2n) is 5.28. The molecule has 2 aromatic rings. The van der Waals surface area contributed by atoms with Crippen molar-refractivity contribution < 1.29 is 4.79 Å². The summed E-state index contributed by atoms with van der Waals surface area (Å²) in [5.41, 5.74) is 2.13. The number of amides is 1. The third kappa shape index (κ3) is 4.36. The van der Waals surface area contributed by atoms with Crippen molar-refractivity contribution in [1.29, 1.82) is 0 Å². The highest BCUT2D eigenvalue weighted by molar-refractivity contribution is 6.44. The molecule has 0 spiro atoms. The molecule has 0 aliphatic heterocycles. The molecule has 0 heterocycles. The van der Waals surface area contributed by atoms with E-state index in [4.69, 9.17) is 23.2 Å². The number of hydrogen-bond acceptors (Lipinski definition) is 1. The van der Waals surface area contributed by atoms with E-state index in [0.717, 1.165) is 5.56 Å². The maximum absolute atomic E-state index is 12.2. The Kier molecular flexibility index (Phi) is 5.64. The third-order valence-corrected chi connectivity index (χ3v) is 3.87. The quantitative estimate of drug-likeness (QED) is 0.739. The van der Waals surface area contributed by atoms with E-state index in [9.17, 15) is 4.79 Å². The van der Waals surface area contributed by atoms with Crippen LogP contribution in [0.3, 0.4) is 0 Å². The highest BCUT2D eigenvalue weighted by atomic mass is 35.5. The van der Waals surface area contributed by atoms with Gasteiger partial charge < -0.3 is 5.32 Å². The summed E-state index contributed by atoms with van der Waals surface area (Å²) in [7, 11) is 0. The molecule has 22 heavy (non-hydrogen) atoms. The molecule has 0 atom stereocenters. The molecule has 0 radical (unpaired) electrons. The fourth-order valence-electron chi connectivity index (χ4n) is 1.84. The van der Waals surface area contributed by atoms with Gasteiger partial charge in [-0.15, -0.1) is 0 Å².